The van der Waals surface area contributed by atoms with Crippen molar-refractivity contribution in [3.8, 4) is 17.0 Å². The number of alkyl halides is 2. The van der Waals surface area contributed by atoms with Gasteiger partial charge in [-0.25, -0.2) is 14.2 Å². The Bertz CT molecular complexity index is 1310. The minimum Gasteiger partial charge on any atom is -0.431 e. The summed E-state index contributed by atoms with van der Waals surface area (Å²) in [5, 5.41) is 7.66. The van der Waals surface area contributed by atoms with Crippen LogP contribution >= 0.6 is 0 Å². The van der Waals surface area contributed by atoms with Gasteiger partial charge < -0.3 is 25.4 Å². The van der Waals surface area contributed by atoms with Crippen LogP contribution < -0.4 is 15.8 Å². The number of carbonyl (C=O) groups excluding carboxylic acids is 1. The predicted octanol–water partition coefficient (Wildman–Crippen LogP) is 3.84. The van der Waals surface area contributed by atoms with Crippen LogP contribution in [0, 0.1) is 5.82 Å². The SMILES string of the molecule is CC(C)(NC(=O)N1CCC2(C1)OCCn1nc(-c3cnc(N)c(OC(F)F)c3)cc12)c1ccc(F)cc1. The molecular formula is C25H27F3N6O3. The Hall–Kier alpha value is -3.80. The van der Waals surface area contributed by atoms with E-state index in [-0.39, 0.29) is 23.4 Å². The number of hydrogen-bond acceptors (Lipinski definition) is 6. The lowest BCUT2D eigenvalue weighted by Crippen LogP contribution is -2.49. The number of pyridine rings is 1. The van der Waals surface area contributed by atoms with Gasteiger partial charge in [0.05, 0.1) is 36.6 Å². The van der Waals surface area contributed by atoms with Crippen LogP contribution in [0.1, 0.15) is 31.5 Å². The van der Waals surface area contributed by atoms with Crippen LogP contribution in [0.25, 0.3) is 11.3 Å². The maximum absolute atomic E-state index is 13.3. The topological polar surface area (TPSA) is 108 Å². The molecule has 9 nitrogen and oxygen atoms in total. The number of rotatable bonds is 5. The van der Waals surface area contributed by atoms with E-state index < -0.39 is 17.8 Å². The molecule has 1 atom stereocenters. The van der Waals surface area contributed by atoms with Crippen LogP contribution in [0.3, 0.4) is 0 Å². The van der Waals surface area contributed by atoms with E-state index >= 15 is 0 Å². The molecule has 2 aromatic heterocycles. The number of hydrogen-bond donors (Lipinski definition) is 2. The number of amides is 2. The summed E-state index contributed by atoms with van der Waals surface area (Å²) in [5.41, 5.74) is 6.72. The fourth-order valence-electron chi connectivity index (χ4n) is 4.85. The van der Waals surface area contributed by atoms with Crippen molar-refractivity contribution in [3.05, 3.63) is 59.7 Å². The Labute approximate surface area is 211 Å². The molecule has 2 aliphatic heterocycles. The molecule has 1 fully saturated rings. The first-order valence-electron chi connectivity index (χ1n) is 11.8. The number of likely N-dealkylation sites (tertiary alicyclic amines) is 1. The number of fused-ring (bicyclic) bond motifs is 2. The van der Waals surface area contributed by atoms with E-state index in [0.717, 1.165) is 11.3 Å². The Balaban J connectivity index is 1.36. The molecule has 0 aliphatic carbocycles. The van der Waals surface area contributed by atoms with Gasteiger partial charge in [-0.15, -0.1) is 0 Å². The zero-order chi connectivity index (χ0) is 26.4. The highest BCUT2D eigenvalue weighted by atomic mass is 19.3. The predicted molar refractivity (Wildman–Crippen MR) is 128 cm³/mol. The molecule has 5 rings (SSSR count). The molecule has 2 amide bonds. The Morgan fingerprint density at radius 2 is 2.00 bits per heavy atom. The Morgan fingerprint density at radius 3 is 2.73 bits per heavy atom. The van der Waals surface area contributed by atoms with Crippen molar-refractivity contribution in [3.63, 3.8) is 0 Å². The monoisotopic (exact) mass is 516 g/mol. The highest BCUT2D eigenvalue weighted by molar-refractivity contribution is 5.76. The van der Waals surface area contributed by atoms with E-state index in [1.54, 1.807) is 17.0 Å². The average molecular weight is 517 g/mol. The number of ether oxygens (including phenoxy) is 2. The van der Waals surface area contributed by atoms with E-state index in [2.05, 4.69) is 20.1 Å². The second-order valence-electron chi connectivity index (χ2n) is 9.70. The minimum atomic E-state index is -3.03. The minimum absolute atomic E-state index is 0.145. The maximum atomic E-state index is 13.3. The normalized spacial score (nSPS) is 19.4. The highest BCUT2D eigenvalue weighted by Crippen LogP contribution is 2.40. The smallest absolute Gasteiger partial charge is 0.387 e. The molecule has 1 aromatic carbocycles. The lowest BCUT2D eigenvalue weighted by Gasteiger charge is -2.35. The first-order chi connectivity index (χ1) is 17.6. The summed E-state index contributed by atoms with van der Waals surface area (Å²) in [6.07, 6.45) is 2.00. The summed E-state index contributed by atoms with van der Waals surface area (Å²) in [6, 6.07) is 8.96. The molecule has 196 valence electrons. The van der Waals surface area contributed by atoms with Crippen molar-refractivity contribution in [2.75, 3.05) is 25.4 Å². The van der Waals surface area contributed by atoms with E-state index in [9.17, 15) is 18.0 Å². The third-order valence-corrected chi connectivity index (χ3v) is 6.83. The molecule has 1 unspecified atom stereocenters. The molecular weight excluding hydrogens is 489 g/mol. The van der Waals surface area contributed by atoms with E-state index in [1.165, 1.54) is 24.4 Å². The fourth-order valence-corrected chi connectivity index (χ4v) is 4.85. The van der Waals surface area contributed by atoms with E-state index in [1.807, 2.05) is 24.6 Å². The third kappa shape index (κ3) is 4.80. The van der Waals surface area contributed by atoms with Crippen LogP contribution in [-0.4, -0.2) is 52.0 Å². The number of nitrogens with one attached hydrogen (secondary N) is 1. The van der Waals surface area contributed by atoms with Crippen molar-refractivity contribution < 1.29 is 27.4 Å². The van der Waals surface area contributed by atoms with Gasteiger partial charge in [-0.1, -0.05) is 12.1 Å². The number of nitrogen functional groups attached to an aromatic ring is 1. The number of aromatic nitrogens is 3. The first kappa shape index (κ1) is 24.9. The van der Waals surface area contributed by atoms with Crippen molar-refractivity contribution >= 4 is 11.8 Å². The standard InChI is InChI=1S/C25H27F3N6O3/c1-24(2,16-3-5-17(26)6-4-16)31-23(35)33-8-7-25(14-33)20-12-18(32-34(20)9-10-36-25)15-11-19(37-22(27)28)21(29)30-13-15/h3-6,11-13,22H,7-10,14H2,1-2H3,(H2,29,30)(H,31,35). The Kier molecular flexibility index (Phi) is 6.22. The van der Waals surface area contributed by atoms with E-state index in [4.69, 9.17) is 10.5 Å². The number of nitrogens with zero attached hydrogens (tertiary/aromatic N) is 4. The number of carbonyl (C=O) groups is 1. The summed E-state index contributed by atoms with van der Waals surface area (Å²) < 4.78 is 51.3. The second-order valence-corrected chi connectivity index (χ2v) is 9.70. The van der Waals surface area contributed by atoms with Crippen LogP contribution in [0.2, 0.25) is 0 Å². The van der Waals surface area contributed by atoms with Gasteiger partial charge in [-0.2, -0.15) is 13.9 Å². The van der Waals surface area contributed by atoms with Gasteiger partial charge in [0.15, 0.2) is 11.6 Å². The highest BCUT2D eigenvalue weighted by Gasteiger charge is 2.47. The van der Waals surface area contributed by atoms with Crippen molar-refractivity contribution in [2.24, 2.45) is 0 Å². The van der Waals surface area contributed by atoms with Crippen LogP contribution in [-0.2, 0) is 22.4 Å². The maximum Gasteiger partial charge on any atom is 0.387 e. The fraction of sp³-hybridized carbons (Fsp3) is 0.400. The van der Waals surface area contributed by atoms with Gasteiger partial charge >= 0.3 is 12.6 Å². The summed E-state index contributed by atoms with van der Waals surface area (Å²) >= 11 is 0. The molecule has 37 heavy (non-hydrogen) atoms. The summed E-state index contributed by atoms with van der Waals surface area (Å²) in [7, 11) is 0. The van der Waals surface area contributed by atoms with Crippen LogP contribution in [0.15, 0.2) is 42.6 Å². The number of benzene rings is 1. The van der Waals surface area contributed by atoms with Crippen LogP contribution in [0.4, 0.5) is 23.8 Å². The van der Waals surface area contributed by atoms with Crippen molar-refractivity contribution in [1.29, 1.82) is 0 Å². The van der Waals surface area contributed by atoms with Gasteiger partial charge in [0.1, 0.15) is 11.4 Å². The quantitative estimate of drug-likeness (QED) is 0.534. The van der Waals surface area contributed by atoms with Gasteiger partial charge in [0, 0.05) is 24.7 Å². The molecule has 12 heteroatoms. The van der Waals surface area contributed by atoms with Gasteiger partial charge in [0.25, 0.3) is 0 Å². The van der Waals surface area contributed by atoms with E-state index in [0.29, 0.717) is 43.9 Å². The van der Waals surface area contributed by atoms with Gasteiger partial charge in [0.2, 0.25) is 0 Å². The number of urea groups is 1. The molecule has 2 aliphatic rings. The number of anilines is 1. The lowest BCUT2D eigenvalue weighted by atomic mass is 9.94. The molecule has 3 N–H and O–H groups in total. The molecule has 0 radical (unpaired) electrons. The second kappa shape index (κ2) is 9.25. The number of nitrogens with two attached hydrogens (primary N) is 1. The third-order valence-electron chi connectivity index (χ3n) is 6.83. The Morgan fingerprint density at radius 1 is 1.24 bits per heavy atom. The average Bonchev–Trinajstić information content (AvgIpc) is 3.47. The first-order valence-corrected chi connectivity index (χ1v) is 11.8. The molecule has 3 aromatic rings. The molecule has 0 saturated carbocycles. The van der Waals surface area contributed by atoms with Gasteiger partial charge in [-0.05, 0) is 43.7 Å². The lowest BCUT2D eigenvalue weighted by molar-refractivity contribution is -0.0702. The van der Waals surface area contributed by atoms with Gasteiger partial charge in [-0.3, -0.25) is 4.68 Å². The van der Waals surface area contributed by atoms with Crippen molar-refractivity contribution in [2.45, 2.75) is 44.6 Å². The number of halogens is 3. The zero-order valence-corrected chi connectivity index (χ0v) is 20.4. The van der Waals surface area contributed by atoms with Crippen LogP contribution in [0.5, 0.6) is 5.75 Å². The molecule has 0 bridgehead atoms. The molecule has 1 saturated heterocycles. The largest absolute Gasteiger partial charge is 0.431 e. The summed E-state index contributed by atoms with van der Waals surface area (Å²) in [5.74, 6) is -0.712. The molecule has 1 spiro atoms. The summed E-state index contributed by atoms with van der Waals surface area (Å²) in [6.45, 7) is 2.36. The summed E-state index contributed by atoms with van der Waals surface area (Å²) in [4.78, 5) is 18.8. The molecule has 4 heterocycles. The van der Waals surface area contributed by atoms with Crippen molar-refractivity contribution in [1.82, 2.24) is 25.0 Å². The zero-order valence-electron chi connectivity index (χ0n) is 20.4.